The zero-order valence-electron chi connectivity index (χ0n) is 14.7. The van der Waals surface area contributed by atoms with Crippen molar-refractivity contribution in [2.24, 2.45) is 0 Å². The topological polar surface area (TPSA) is 151 Å². The van der Waals surface area contributed by atoms with E-state index in [1.807, 2.05) is 0 Å². The van der Waals surface area contributed by atoms with Crippen LogP contribution in [0.2, 0.25) is 0 Å². The first-order chi connectivity index (χ1) is 13.3. The number of rotatable bonds is 9. The van der Waals surface area contributed by atoms with Gasteiger partial charge in [-0.25, -0.2) is 0 Å². The molecule has 4 N–H and O–H groups in total. The van der Waals surface area contributed by atoms with Gasteiger partial charge in [0.25, 0.3) is 22.3 Å². The SMILES string of the molecule is O=C(/C=C1/SC(=O)NC1=O)NCCCCCCNC(=O)/C=C1/SC(=O)NC1=O. The van der Waals surface area contributed by atoms with Crippen LogP contribution in [0.5, 0.6) is 0 Å². The fourth-order valence-electron chi connectivity index (χ4n) is 2.21. The average Bonchev–Trinajstić information content (AvgIpc) is 3.10. The van der Waals surface area contributed by atoms with Crippen LogP contribution < -0.4 is 21.3 Å². The van der Waals surface area contributed by atoms with Crippen LogP contribution in [0.1, 0.15) is 25.7 Å². The van der Waals surface area contributed by atoms with Crippen LogP contribution in [-0.4, -0.2) is 47.2 Å². The lowest BCUT2D eigenvalue weighted by atomic mass is 10.2. The van der Waals surface area contributed by atoms with Crippen LogP contribution in [0.25, 0.3) is 0 Å². The molecular formula is C16H18N4O6S2. The zero-order valence-corrected chi connectivity index (χ0v) is 16.3. The molecule has 12 heteroatoms. The second-order valence-electron chi connectivity index (χ2n) is 5.70. The minimum absolute atomic E-state index is 0.0751. The Morgan fingerprint density at radius 2 is 1.11 bits per heavy atom. The van der Waals surface area contributed by atoms with Crippen molar-refractivity contribution in [3.8, 4) is 0 Å². The van der Waals surface area contributed by atoms with Crippen LogP contribution in [-0.2, 0) is 19.2 Å². The molecule has 2 heterocycles. The molecule has 2 rings (SSSR count). The molecule has 2 aliphatic rings. The van der Waals surface area contributed by atoms with E-state index in [-0.39, 0.29) is 9.81 Å². The van der Waals surface area contributed by atoms with Crippen molar-refractivity contribution in [1.82, 2.24) is 21.3 Å². The highest BCUT2D eigenvalue weighted by atomic mass is 32.2. The molecule has 0 spiro atoms. The van der Waals surface area contributed by atoms with E-state index in [0.29, 0.717) is 36.6 Å². The van der Waals surface area contributed by atoms with Crippen molar-refractivity contribution in [2.45, 2.75) is 25.7 Å². The number of amides is 6. The number of unbranched alkanes of at least 4 members (excludes halogenated alkanes) is 3. The van der Waals surface area contributed by atoms with E-state index in [9.17, 15) is 28.8 Å². The number of imide groups is 2. The number of nitrogens with one attached hydrogen (secondary N) is 4. The van der Waals surface area contributed by atoms with Crippen LogP contribution in [0.15, 0.2) is 22.0 Å². The summed E-state index contributed by atoms with van der Waals surface area (Å²) in [5.41, 5.74) is 0. The molecule has 2 aliphatic heterocycles. The van der Waals surface area contributed by atoms with Gasteiger partial charge in [-0.3, -0.25) is 39.4 Å². The summed E-state index contributed by atoms with van der Waals surface area (Å²) in [7, 11) is 0. The van der Waals surface area contributed by atoms with Gasteiger partial charge in [0.05, 0.1) is 9.81 Å². The monoisotopic (exact) mass is 426 g/mol. The number of carbonyl (C=O) groups excluding carboxylic acids is 6. The molecule has 2 saturated heterocycles. The summed E-state index contributed by atoms with van der Waals surface area (Å²) in [5.74, 6) is -2.00. The molecule has 0 atom stereocenters. The molecule has 150 valence electrons. The second kappa shape index (κ2) is 10.7. The molecule has 0 aliphatic carbocycles. The summed E-state index contributed by atoms with van der Waals surface area (Å²) >= 11 is 1.38. The molecule has 0 aromatic rings. The molecule has 10 nitrogen and oxygen atoms in total. The smallest absolute Gasteiger partial charge is 0.290 e. The van der Waals surface area contributed by atoms with Gasteiger partial charge in [0.1, 0.15) is 0 Å². The van der Waals surface area contributed by atoms with E-state index in [4.69, 9.17) is 0 Å². The third-order valence-corrected chi connectivity index (χ3v) is 5.13. The number of thioether (sulfide) groups is 2. The van der Waals surface area contributed by atoms with Gasteiger partial charge in [0.2, 0.25) is 11.8 Å². The van der Waals surface area contributed by atoms with Crippen LogP contribution in [0.4, 0.5) is 9.59 Å². The van der Waals surface area contributed by atoms with E-state index in [1.165, 1.54) is 0 Å². The highest BCUT2D eigenvalue weighted by Gasteiger charge is 2.26. The lowest BCUT2D eigenvalue weighted by Crippen LogP contribution is -2.24. The average molecular weight is 426 g/mol. The fourth-order valence-corrected chi connectivity index (χ4v) is 3.52. The normalized spacial score (nSPS) is 19.1. The van der Waals surface area contributed by atoms with E-state index in [0.717, 1.165) is 37.8 Å². The van der Waals surface area contributed by atoms with Crippen LogP contribution in [0.3, 0.4) is 0 Å². The summed E-state index contributed by atoms with van der Waals surface area (Å²) in [6, 6.07) is 0. The Hall–Kier alpha value is -2.60. The number of hydrogen-bond acceptors (Lipinski definition) is 8. The molecule has 0 saturated carbocycles. The highest BCUT2D eigenvalue weighted by molar-refractivity contribution is 8.18. The first-order valence-corrected chi connectivity index (χ1v) is 10.0. The van der Waals surface area contributed by atoms with Gasteiger partial charge >= 0.3 is 0 Å². The largest absolute Gasteiger partial charge is 0.353 e. The Morgan fingerprint density at radius 3 is 1.43 bits per heavy atom. The summed E-state index contributed by atoms with van der Waals surface area (Å²) < 4.78 is 0. The second-order valence-corrected chi connectivity index (χ2v) is 7.73. The minimum Gasteiger partial charge on any atom is -0.353 e. The van der Waals surface area contributed by atoms with Gasteiger partial charge in [-0.1, -0.05) is 12.8 Å². The predicted octanol–water partition coefficient (Wildman–Crippen LogP) is 0.513. The first kappa shape index (κ1) is 21.7. The molecule has 0 radical (unpaired) electrons. The van der Waals surface area contributed by atoms with Gasteiger partial charge in [0, 0.05) is 25.2 Å². The Labute approximate surface area is 168 Å². The maximum Gasteiger partial charge on any atom is 0.290 e. The Balaban J connectivity index is 1.51. The molecule has 28 heavy (non-hydrogen) atoms. The van der Waals surface area contributed by atoms with Gasteiger partial charge in [-0.15, -0.1) is 0 Å². The number of carbonyl (C=O) groups is 6. The van der Waals surface area contributed by atoms with Crippen molar-refractivity contribution in [3.63, 3.8) is 0 Å². The number of hydrogen-bond donors (Lipinski definition) is 4. The van der Waals surface area contributed by atoms with Gasteiger partial charge < -0.3 is 10.6 Å². The van der Waals surface area contributed by atoms with E-state index >= 15 is 0 Å². The van der Waals surface area contributed by atoms with E-state index < -0.39 is 34.1 Å². The van der Waals surface area contributed by atoms with Crippen molar-refractivity contribution in [1.29, 1.82) is 0 Å². The van der Waals surface area contributed by atoms with Crippen molar-refractivity contribution in [3.05, 3.63) is 22.0 Å². The molecule has 0 aromatic carbocycles. The highest BCUT2D eigenvalue weighted by Crippen LogP contribution is 2.23. The summed E-state index contributed by atoms with van der Waals surface area (Å²) in [6.45, 7) is 0.864. The van der Waals surface area contributed by atoms with Gasteiger partial charge in [-0.2, -0.15) is 0 Å². The third-order valence-electron chi connectivity index (χ3n) is 3.51. The van der Waals surface area contributed by atoms with Crippen molar-refractivity contribution < 1.29 is 28.8 Å². The Kier molecular flexibility index (Phi) is 8.26. The van der Waals surface area contributed by atoms with E-state index in [1.54, 1.807) is 0 Å². The zero-order chi connectivity index (χ0) is 20.5. The molecule has 0 bridgehead atoms. The molecule has 2 fully saturated rings. The molecule has 6 amide bonds. The minimum atomic E-state index is -0.568. The lowest BCUT2D eigenvalue weighted by molar-refractivity contribution is -0.118. The summed E-state index contributed by atoms with van der Waals surface area (Å²) in [4.78, 5) is 68.0. The van der Waals surface area contributed by atoms with Gasteiger partial charge in [-0.05, 0) is 36.4 Å². The van der Waals surface area contributed by atoms with Crippen LogP contribution >= 0.6 is 23.5 Å². The maximum absolute atomic E-state index is 11.7. The lowest BCUT2D eigenvalue weighted by Gasteiger charge is -2.04. The van der Waals surface area contributed by atoms with Crippen molar-refractivity contribution >= 4 is 57.6 Å². The van der Waals surface area contributed by atoms with Crippen LogP contribution in [0, 0.1) is 0 Å². The summed E-state index contributed by atoms with van der Waals surface area (Å²) in [5, 5.41) is 8.42. The summed E-state index contributed by atoms with van der Waals surface area (Å²) in [6.07, 6.45) is 5.31. The standard InChI is InChI=1S/C16H18N4O6S2/c21-11(7-9-13(23)19-15(25)27-9)17-5-3-1-2-4-6-18-12(22)8-10-14(24)20-16(26)28-10/h7-8H,1-6H2,(H,17,21)(H,18,22)(H,19,23,25)(H,20,24,26)/b9-7+,10-8+. The van der Waals surface area contributed by atoms with E-state index in [2.05, 4.69) is 21.3 Å². The Bertz CT molecular complexity index is 713. The molecular weight excluding hydrogens is 408 g/mol. The third kappa shape index (κ3) is 7.19. The first-order valence-electron chi connectivity index (χ1n) is 8.40. The Morgan fingerprint density at radius 1 is 0.714 bits per heavy atom. The van der Waals surface area contributed by atoms with Crippen molar-refractivity contribution in [2.75, 3.05) is 13.1 Å². The molecule has 0 unspecified atom stereocenters. The molecule has 0 aromatic heterocycles. The van der Waals surface area contributed by atoms with Gasteiger partial charge in [0.15, 0.2) is 0 Å². The fraction of sp³-hybridized carbons (Fsp3) is 0.375. The quantitative estimate of drug-likeness (QED) is 0.308. The maximum atomic E-state index is 11.7. The predicted molar refractivity (Wildman–Crippen MR) is 103 cm³/mol.